The zero-order valence-corrected chi connectivity index (χ0v) is 16.3. The van der Waals surface area contributed by atoms with Gasteiger partial charge in [-0.2, -0.15) is 5.10 Å². The number of hydrogen-bond acceptors (Lipinski definition) is 4. The molecule has 6 nitrogen and oxygen atoms in total. The Labute approximate surface area is 170 Å². The molecular formula is C21H17ClFN3O3. The lowest BCUT2D eigenvalue weighted by Crippen LogP contribution is -2.20. The number of H-pyrrole nitrogens is 1. The quantitative estimate of drug-likeness (QED) is 0.482. The Morgan fingerprint density at radius 2 is 2.10 bits per heavy atom. The van der Waals surface area contributed by atoms with Gasteiger partial charge < -0.3 is 5.11 Å². The van der Waals surface area contributed by atoms with Crippen molar-refractivity contribution in [1.29, 1.82) is 0 Å². The van der Waals surface area contributed by atoms with E-state index in [1.807, 2.05) is 0 Å². The molecule has 1 atom stereocenters. The van der Waals surface area contributed by atoms with E-state index in [-0.39, 0.29) is 22.1 Å². The fourth-order valence-corrected chi connectivity index (χ4v) is 4.18. The average Bonchev–Trinajstić information content (AvgIpc) is 3.11. The number of aromatic amines is 1. The summed E-state index contributed by atoms with van der Waals surface area (Å²) >= 11 is 6.20. The summed E-state index contributed by atoms with van der Waals surface area (Å²) in [7, 11) is 0. The molecule has 0 bridgehead atoms. The van der Waals surface area contributed by atoms with Crippen LogP contribution in [0.25, 0.3) is 11.3 Å². The number of aromatic carboxylic acids is 1. The number of rotatable bonds is 4. The number of ketones is 1. The van der Waals surface area contributed by atoms with Gasteiger partial charge in [0.2, 0.25) is 0 Å². The molecule has 8 heteroatoms. The third-order valence-electron chi connectivity index (χ3n) is 5.30. The van der Waals surface area contributed by atoms with Gasteiger partial charge in [-0.15, -0.1) is 0 Å². The molecular weight excluding hydrogens is 397 g/mol. The van der Waals surface area contributed by atoms with Gasteiger partial charge in [-0.25, -0.2) is 14.2 Å². The maximum atomic E-state index is 14.7. The van der Waals surface area contributed by atoms with Crippen LogP contribution in [0.4, 0.5) is 4.39 Å². The van der Waals surface area contributed by atoms with Crippen LogP contribution in [0, 0.1) is 12.7 Å². The third kappa shape index (κ3) is 3.31. The van der Waals surface area contributed by atoms with Crippen molar-refractivity contribution in [2.75, 3.05) is 0 Å². The highest BCUT2D eigenvalue weighted by molar-refractivity contribution is 6.33. The van der Waals surface area contributed by atoms with Crippen LogP contribution in [0.5, 0.6) is 0 Å². The van der Waals surface area contributed by atoms with Gasteiger partial charge in [0.25, 0.3) is 0 Å². The molecule has 1 aliphatic rings. The van der Waals surface area contributed by atoms with E-state index in [4.69, 9.17) is 16.7 Å². The fourth-order valence-electron chi connectivity index (χ4n) is 3.88. The summed E-state index contributed by atoms with van der Waals surface area (Å²) in [6.07, 6.45) is 3.60. The number of carboxylic acid groups (broad SMARTS) is 1. The number of carboxylic acids is 1. The van der Waals surface area contributed by atoms with Crippen LogP contribution in [0.2, 0.25) is 5.15 Å². The topological polar surface area (TPSA) is 95.9 Å². The van der Waals surface area contributed by atoms with Crippen LogP contribution in [0.15, 0.2) is 30.5 Å². The summed E-state index contributed by atoms with van der Waals surface area (Å²) in [5.41, 5.74) is 2.84. The summed E-state index contributed by atoms with van der Waals surface area (Å²) in [5, 5.41) is 16.4. The van der Waals surface area contributed by atoms with Crippen molar-refractivity contribution >= 4 is 23.4 Å². The van der Waals surface area contributed by atoms with Gasteiger partial charge in [-0.05, 0) is 56.0 Å². The standard InChI is InChI=1S/C21H17ClFN3O3/c1-10-7-8-24-20(22)16(10)19(27)13-3-2-4-15-17(13)18(26-25-15)12-6-5-11(21(28)29)9-14(12)23/h5-9,13H,2-4H2,1H3,(H,25,26)(H,28,29). The number of aryl methyl sites for hydroxylation is 2. The second-order valence-electron chi connectivity index (χ2n) is 7.07. The summed E-state index contributed by atoms with van der Waals surface area (Å²) in [5.74, 6) is -2.63. The first-order chi connectivity index (χ1) is 13.9. The number of halogens is 2. The van der Waals surface area contributed by atoms with Gasteiger partial charge in [0.05, 0.1) is 22.7 Å². The molecule has 1 aliphatic carbocycles. The zero-order chi connectivity index (χ0) is 20.7. The number of aromatic nitrogens is 3. The lowest BCUT2D eigenvalue weighted by molar-refractivity contribution is 0.0696. The summed E-state index contributed by atoms with van der Waals surface area (Å²) in [6, 6.07) is 5.39. The lowest BCUT2D eigenvalue weighted by atomic mass is 9.79. The summed E-state index contributed by atoms with van der Waals surface area (Å²) in [4.78, 5) is 28.5. The third-order valence-corrected chi connectivity index (χ3v) is 5.58. The van der Waals surface area contributed by atoms with Crippen LogP contribution in [-0.4, -0.2) is 32.0 Å². The molecule has 4 rings (SSSR count). The first kappa shape index (κ1) is 19.3. The Bertz CT molecular complexity index is 1120. The molecule has 0 aliphatic heterocycles. The Balaban J connectivity index is 1.82. The molecule has 2 aromatic heterocycles. The number of nitrogens with one attached hydrogen (secondary N) is 1. The number of benzene rings is 1. The van der Waals surface area contributed by atoms with Crippen LogP contribution < -0.4 is 0 Å². The molecule has 0 amide bonds. The maximum absolute atomic E-state index is 14.7. The van der Waals surface area contributed by atoms with Gasteiger partial charge in [0.1, 0.15) is 11.0 Å². The number of fused-ring (bicyclic) bond motifs is 1. The van der Waals surface area contributed by atoms with Gasteiger partial charge >= 0.3 is 5.97 Å². The van der Waals surface area contributed by atoms with Gasteiger partial charge in [-0.1, -0.05) is 11.6 Å². The second kappa shape index (κ2) is 7.40. The van der Waals surface area contributed by atoms with E-state index in [1.165, 1.54) is 12.1 Å². The average molecular weight is 414 g/mol. The molecule has 0 saturated carbocycles. The second-order valence-corrected chi connectivity index (χ2v) is 7.42. The van der Waals surface area contributed by atoms with Gasteiger partial charge in [-0.3, -0.25) is 9.89 Å². The number of nitrogens with zero attached hydrogens (tertiary/aromatic N) is 2. The van der Waals surface area contributed by atoms with Crippen molar-refractivity contribution in [2.24, 2.45) is 0 Å². The molecule has 3 aromatic rings. The molecule has 0 radical (unpaired) electrons. The van der Waals surface area contributed by atoms with Crippen LogP contribution in [0.1, 0.15) is 56.3 Å². The van der Waals surface area contributed by atoms with Crippen molar-refractivity contribution in [1.82, 2.24) is 15.2 Å². The van der Waals surface area contributed by atoms with Gasteiger partial charge in [0, 0.05) is 23.0 Å². The SMILES string of the molecule is Cc1ccnc(Cl)c1C(=O)C1CCCc2[nH]nc(-c3ccc(C(=O)O)cc3F)c21. The molecule has 2 heterocycles. The smallest absolute Gasteiger partial charge is 0.335 e. The zero-order valence-electron chi connectivity index (χ0n) is 15.5. The Morgan fingerprint density at radius 1 is 1.31 bits per heavy atom. The number of hydrogen-bond donors (Lipinski definition) is 2. The number of Topliss-reactive ketones (excluding diaryl/α,β-unsaturated/α-hetero) is 1. The largest absolute Gasteiger partial charge is 0.478 e. The highest BCUT2D eigenvalue weighted by Crippen LogP contribution is 2.41. The van der Waals surface area contributed by atoms with Crippen molar-refractivity contribution in [3.05, 3.63) is 69.4 Å². The molecule has 0 fully saturated rings. The Morgan fingerprint density at radius 3 is 2.79 bits per heavy atom. The number of carbonyl (C=O) groups excluding carboxylic acids is 1. The lowest BCUT2D eigenvalue weighted by Gasteiger charge is -2.23. The predicted octanol–water partition coefficient (Wildman–Crippen LogP) is 4.57. The molecule has 0 spiro atoms. The highest BCUT2D eigenvalue weighted by atomic mass is 35.5. The van der Waals surface area contributed by atoms with Crippen LogP contribution in [0.3, 0.4) is 0 Å². The van der Waals surface area contributed by atoms with E-state index in [0.717, 1.165) is 23.7 Å². The van der Waals surface area contributed by atoms with Gasteiger partial charge in [0.15, 0.2) is 5.78 Å². The minimum atomic E-state index is -1.21. The summed E-state index contributed by atoms with van der Waals surface area (Å²) < 4.78 is 14.7. The molecule has 148 valence electrons. The van der Waals surface area contributed by atoms with E-state index in [0.29, 0.717) is 29.7 Å². The van der Waals surface area contributed by atoms with Crippen LogP contribution >= 0.6 is 11.6 Å². The first-order valence-corrected chi connectivity index (χ1v) is 9.52. The fraction of sp³-hybridized carbons (Fsp3) is 0.238. The minimum Gasteiger partial charge on any atom is -0.478 e. The molecule has 1 aromatic carbocycles. The number of pyridine rings is 1. The van der Waals surface area contributed by atoms with Crippen molar-refractivity contribution in [3.63, 3.8) is 0 Å². The Kier molecular flexibility index (Phi) is 4.92. The van der Waals surface area contributed by atoms with Crippen molar-refractivity contribution in [2.45, 2.75) is 32.1 Å². The summed E-state index contributed by atoms with van der Waals surface area (Å²) in [6.45, 7) is 1.80. The van der Waals surface area contributed by atoms with E-state index < -0.39 is 17.7 Å². The highest BCUT2D eigenvalue weighted by Gasteiger charge is 2.34. The van der Waals surface area contributed by atoms with E-state index in [1.54, 1.807) is 19.2 Å². The number of carbonyl (C=O) groups is 2. The first-order valence-electron chi connectivity index (χ1n) is 9.14. The van der Waals surface area contributed by atoms with Crippen molar-refractivity contribution < 1.29 is 19.1 Å². The van der Waals surface area contributed by atoms with E-state index >= 15 is 0 Å². The van der Waals surface area contributed by atoms with E-state index in [2.05, 4.69) is 15.2 Å². The van der Waals surface area contributed by atoms with Crippen LogP contribution in [-0.2, 0) is 6.42 Å². The molecule has 1 unspecified atom stereocenters. The minimum absolute atomic E-state index is 0.143. The molecule has 0 saturated heterocycles. The molecule has 29 heavy (non-hydrogen) atoms. The normalized spacial score (nSPS) is 15.8. The van der Waals surface area contributed by atoms with E-state index in [9.17, 15) is 14.0 Å². The maximum Gasteiger partial charge on any atom is 0.335 e. The Hall–Kier alpha value is -3.06. The predicted molar refractivity (Wildman–Crippen MR) is 105 cm³/mol. The van der Waals surface area contributed by atoms with Crippen molar-refractivity contribution in [3.8, 4) is 11.3 Å². The molecule has 2 N–H and O–H groups in total. The monoisotopic (exact) mass is 413 g/mol.